The molecule has 5 nitrogen and oxygen atoms in total. The van der Waals surface area contributed by atoms with E-state index in [-0.39, 0.29) is 5.91 Å². The first-order chi connectivity index (χ1) is 12.7. The summed E-state index contributed by atoms with van der Waals surface area (Å²) in [7, 11) is 0. The van der Waals surface area contributed by atoms with E-state index in [0.29, 0.717) is 12.6 Å². The fourth-order valence-electron chi connectivity index (χ4n) is 3.71. The summed E-state index contributed by atoms with van der Waals surface area (Å²) in [6.07, 6.45) is 1.89. The third-order valence-corrected chi connectivity index (χ3v) is 5.05. The fourth-order valence-corrected chi connectivity index (χ4v) is 3.71. The molecule has 1 aliphatic rings. The molecule has 1 aromatic heterocycles. The molecular formula is C21H23N3O2. The molecule has 3 aromatic rings. The first-order valence-electron chi connectivity index (χ1n) is 9.11. The molecule has 0 atom stereocenters. The number of amides is 1. The van der Waals surface area contributed by atoms with Gasteiger partial charge < -0.3 is 14.2 Å². The summed E-state index contributed by atoms with van der Waals surface area (Å²) in [5.74, 6) is 1.94. The van der Waals surface area contributed by atoms with Crippen molar-refractivity contribution in [3.63, 3.8) is 0 Å². The van der Waals surface area contributed by atoms with E-state index >= 15 is 0 Å². The number of piperidine rings is 1. The molecule has 0 spiro atoms. The Balaban J connectivity index is 1.61. The molecular weight excluding hydrogens is 326 g/mol. The highest BCUT2D eigenvalue weighted by atomic mass is 16.5. The summed E-state index contributed by atoms with van der Waals surface area (Å²) >= 11 is 0. The van der Waals surface area contributed by atoms with Crippen LogP contribution in [0.25, 0.3) is 11.0 Å². The number of likely N-dealkylation sites (tertiary alicyclic amines) is 1. The summed E-state index contributed by atoms with van der Waals surface area (Å²) in [6, 6.07) is 18.4. The van der Waals surface area contributed by atoms with E-state index in [1.54, 1.807) is 6.92 Å². The number of para-hydroxylation sites is 3. The molecule has 0 radical (unpaired) electrons. The summed E-state index contributed by atoms with van der Waals surface area (Å²) in [5.41, 5.74) is 2.13. The molecule has 1 aliphatic heterocycles. The van der Waals surface area contributed by atoms with Crippen molar-refractivity contribution in [2.24, 2.45) is 0 Å². The van der Waals surface area contributed by atoms with Gasteiger partial charge in [0.2, 0.25) is 5.91 Å². The number of hydrogen-bond donors (Lipinski definition) is 0. The minimum atomic E-state index is 0.159. The van der Waals surface area contributed by atoms with Crippen LogP contribution in [0, 0.1) is 0 Å². The van der Waals surface area contributed by atoms with Crippen LogP contribution < -0.4 is 4.74 Å². The van der Waals surface area contributed by atoms with Gasteiger partial charge in [0.1, 0.15) is 18.2 Å². The van der Waals surface area contributed by atoms with E-state index in [9.17, 15) is 4.79 Å². The predicted octanol–water partition coefficient (Wildman–Crippen LogP) is 3.80. The van der Waals surface area contributed by atoms with Gasteiger partial charge in [0, 0.05) is 26.1 Å². The van der Waals surface area contributed by atoms with Crippen LogP contribution in [-0.2, 0) is 11.4 Å². The fraction of sp³-hybridized carbons (Fsp3) is 0.333. The number of ether oxygens (including phenoxy) is 1. The van der Waals surface area contributed by atoms with Crippen molar-refractivity contribution in [3.8, 4) is 5.75 Å². The molecule has 4 rings (SSSR count). The van der Waals surface area contributed by atoms with Crippen LogP contribution in [0.1, 0.15) is 31.6 Å². The zero-order valence-electron chi connectivity index (χ0n) is 15.0. The zero-order chi connectivity index (χ0) is 17.9. The largest absolute Gasteiger partial charge is 0.486 e. The van der Waals surface area contributed by atoms with Crippen LogP contribution in [0.15, 0.2) is 54.6 Å². The third-order valence-electron chi connectivity index (χ3n) is 5.05. The van der Waals surface area contributed by atoms with Crippen LogP contribution in [0.4, 0.5) is 0 Å². The van der Waals surface area contributed by atoms with Crippen molar-refractivity contribution in [1.82, 2.24) is 14.5 Å². The van der Waals surface area contributed by atoms with Gasteiger partial charge in [-0.15, -0.1) is 0 Å². The van der Waals surface area contributed by atoms with Crippen molar-refractivity contribution in [2.45, 2.75) is 32.4 Å². The Kier molecular flexibility index (Phi) is 4.61. The molecule has 5 heteroatoms. The van der Waals surface area contributed by atoms with E-state index < -0.39 is 0 Å². The van der Waals surface area contributed by atoms with E-state index in [4.69, 9.17) is 9.72 Å². The normalized spacial score (nSPS) is 15.3. The maximum Gasteiger partial charge on any atom is 0.219 e. The number of carbonyl (C=O) groups is 1. The first-order valence-corrected chi connectivity index (χ1v) is 9.11. The Bertz CT molecular complexity index is 896. The van der Waals surface area contributed by atoms with Crippen LogP contribution in [0.2, 0.25) is 0 Å². The molecule has 134 valence electrons. The van der Waals surface area contributed by atoms with Crippen LogP contribution in [0.3, 0.4) is 0 Å². The van der Waals surface area contributed by atoms with Crippen LogP contribution in [0.5, 0.6) is 5.75 Å². The lowest BCUT2D eigenvalue weighted by Gasteiger charge is -2.33. The van der Waals surface area contributed by atoms with Gasteiger partial charge in [-0.2, -0.15) is 0 Å². The maximum atomic E-state index is 11.6. The number of benzene rings is 2. The Hall–Kier alpha value is -2.82. The van der Waals surface area contributed by atoms with Gasteiger partial charge in [-0.3, -0.25) is 4.79 Å². The van der Waals surface area contributed by atoms with Crippen molar-refractivity contribution in [2.75, 3.05) is 13.1 Å². The molecule has 0 unspecified atom stereocenters. The van der Waals surface area contributed by atoms with Gasteiger partial charge in [0.05, 0.1) is 11.0 Å². The number of hydrogen-bond acceptors (Lipinski definition) is 3. The Labute approximate surface area is 153 Å². The molecule has 2 aromatic carbocycles. The Morgan fingerprint density at radius 3 is 2.50 bits per heavy atom. The predicted molar refractivity (Wildman–Crippen MR) is 101 cm³/mol. The second kappa shape index (κ2) is 7.20. The first kappa shape index (κ1) is 16.6. The maximum absolute atomic E-state index is 11.6. The molecule has 1 saturated heterocycles. The summed E-state index contributed by atoms with van der Waals surface area (Å²) < 4.78 is 8.28. The number of aromatic nitrogens is 2. The molecule has 0 bridgehead atoms. The van der Waals surface area contributed by atoms with Crippen molar-refractivity contribution in [3.05, 3.63) is 60.4 Å². The molecule has 1 fully saturated rings. The van der Waals surface area contributed by atoms with E-state index in [1.807, 2.05) is 53.4 Å². The zero-order valence-corrected chi connectivity index (χ0v) is 15.0. The monoisotopic (exact) mass is 349 g/mol. The highest BCUT2D eigenvalue weighted by molar-refractivity contribution is 5.76. The van der Waals surface area contributed by atoms with Gasteiger partial charge in [0.25, 0.3) is 0 Å². The van der Waals surface area contributed by atoms with Crippen LogP contribution >= 0.6 is 0 Å². The third kappa shape index (κ3) is 3.29. The van der Waals surface area contributed by atoms with Crippen molar-refractivity contribution >= 4 is 16.9 Å². The molecule has 0 saturated carbocycles. The van der Waals surface area contributed by atoms with E-state index in [2.05, 4.69) is 10.6 Å². The Morgan fingerprint density at radius 1 is 1.08 bits per heavy atom. The van der Waals surface area contributed by atoms with E-state index in [1.165, 1.54) is 0 Å². The van der Waals surface area contributed by atoms with Crippen molar-refractivity contribution < 1.29 is 9.53 Å². The van der Waals surface area contributed by atoms with E-state index in [0.717, 1.165) is 48.5 Å². The second-order valence-corrected chi connectivity index (χ2v) is 6.73. The summed E-state index contributed by atoms with van der Waals surface area (Å²) in [4.78, 5) is 18.4. The highest BCUT2D eigenvalue weighted by Crippen LogP contribution is 2.29. The number of rotatable bonds is 4. The number of carbonyl (C=O) groups excluding carboxylic acids is 1. The minimum Gasteiger partial charge on any atom is -0.486 e. The van der Waals surface area contributed by atoms with Gasteiger partial charge in [0.15, 0.2) is 0 Å². The molecule has 0 aliphatic carbocycles. The topological polar surface area (TPSA) is 47.4 Å². The standard InChI is InChI=1S/C21H23N3O2/c1-16(25)23-13-11-17(12-14-23)24-20-10-6-5-9-19(20)22-21(24)15-26-18-7-3-2-4-8-18/h2-10,17H,11-15H2,1H3. The van der Waals surface area contributed by atoms with Gasteiger partial charge in [-0.25, -0.2) is 4.98 Å². The summed E-state index contributed by atoms with van der Waals surface area (Å²) in [5, 5.41) is 0. The average molecular weight is 349 g/mol. The molecule has 0 N–H and O–H groups in total. The Morgan fingerprint density at radius 2 is 1.77 bits per heavy atom. The second-order valence-electron chi connectivity index (χ2n) is 6.73. The smallest absolute Gasteiger partial charge is 0.219 e. The SMILES string of the molecule is CC(=O)N1CCC(n2c(COc3ccccc3)nc3ccccc32)CC1. The lowest BCUT2D eigenvalue weighted by molar-refractivity contribution is -0.130. The lowest BCUT2D eigenvalue weighted by atomic mass is 10.0. The number of nitrogens with zero attached hydrogens (tertiary/aromatic N) is 3. The summed E-state index contributed by atoms with van der Waals surface area (Å²) in [6.45, 7) is 3.68. The molecule has 2 heterocycles. The van der Waals surface area contributed by atoms with Gasteiger partial charge in [-0.05, 0) is 37.1 Å². The molecule has 26 heavy (non-hydrogen) atoms. The molecule has 1 amide bonds. The van der Waals surface area contributed by atoms with Gasteiger partial charge >= 0.3 is 0 Å². The highest BCUT2D eigenvalue weighted by Gasteiger charge is 2.25. The number of fused-ring (bicyclic) bond motifs is 1. The minimum absolute atomic E-state index is 0.159. The average Bonchev–Trinajstić information content (AvgIpc) is 3.05. The van der Waals surface area contributed by atoms with Crippen LogP contribution in [-0.4, -0.2) is 33.4 Å². The number of imidazole rings is 1. The van der Waals surface area contributed by atoms with Gasteiger partial charge in [-0.1, -0.05) is 30.3 Å². The lowest BCUT2D eigenvalue weighted by Crippen LogP contribution is -2.38. The quantitative estimate of drug-likeness (QED) is 0.720. The van der Waals surface area contributed by atoms with Crippen molar-refractivity contribution in [1.29, 1.82) is 0 Å².